The number of nitriles is 1. The molecule has 0 spiro atoms. The van der Waals surface area contributed by atoms with E-state index in [1.165, 1.54) is 24.5 Å². The van der Waals surface area contributed by atoms with Gasteiger partial charge in [0.1, 0.15) is 16.6 Å². The second-order valence-electron chi connectivity index (χ2n) is 6.94. The normalized spacial score (nSPS) is 10.9. The largest absolute Gasteiger partial charge is 0.493 e. The van der Waals surface area contributed by atoms with E-state index >= 15 is 0 Å². The minimum atomic E-state index is -0.610. The molecular weight excluding hydrogens is 428 g/mol. The molecule has 0 fully saturated rings. The number of carbonyl (C=O) groups excluding carboxylic acids is 2. The van der Waals surface area contributed by atoms with E-state index < -0.39 is 11.9 Å². The van der Waals surface area contributed by atoms with Crippen LogP contribution in [0.2, 0.25) is 0 Å². The second kappa shape index (κ2) is 11.9. The zero-order valence-electron chi connectivity index (χ0n) is 19.0. The predicted octanol–water partition coefficient (Wildman–Crippen LogP) is 5.27. The first-order chi connectivity index (χ1) is 15.4. The summed E-state index contributed by atoms with van der Waals surface area (Å²) in [6, 6.07) is 7.13. The van der Waals surface area contributed by atoms with Gasteiger partial charge in [0.15, 0.2) is 11.5 Å². The third kappa shape index (κ3) is 6.11. The van der Waals surface area contributed by atoms with Crippen LogP contribution in [0.1, 0.15) is 53.1 Å². The number of hydrogen-bond donors (Lipinski definition) is 1. The van der Waals surface area contributed by atoms with Gasteiger partial charge in [-0.05, 0) is 56.5 Å². The molecule has 1 heterocycles. The molecule has 1 aromatic carbocycles. The Balaban J connectivity index is 2.28. The Kier molecular flexibility index (Phi) is 9.29. The number of nitrogens with one attached hydrogen (secondary N) is 1. The molecular formula is C24H28N2O5S. The van der Waals surface area contributed by atoms with Crippen LogP contribution >= 0.6 is 11.3 Å². The monoisotopic (exact) mass is 456 g/mol. The topological polar surface area (TPSA) is 97.7 Å². The van der Waals surface area contributed by atoms with Gasteiger partial charge in [0.2, 0.25) is 0 Å². The summed E-state index contributed by atoms with van der Waals surface area (Å²) in [5.41, 5.74) is 1.57. The summed E-state index contributed by atoms with van der Waals surface area (Å²) < 4.78 is 16.2. The van der Waals surface area contributed by atoms with E-state index in [4.69, 9.17) is 14.2 Å². The number of benzene rings is 1. The maximum atomic E-state index is 12.8. The molecule has 0 radical (unpaired) electrons. The zero-order valence-corrected chi connectivity index (χ0v) is 19.9. The van der Waals surface area contributed by atoms with Crippen molar-refractivity contribution in [2.24, 2.45) is 0 Å². The lowest BCUT2D eigenvalue weighted by molar-refractivity contribution is -0.112. The molecule has 0 atom stereocenters. The number of hydrogen-bond acceptors (Lipinski definition) is 7. The number of amides is 1. The predicted molar refractivity (Wildman–Crippen MR) is 125 cm³/mol. The Hall–Kier alpha value is -3.31. The van der Waals surface area contributed by atoms with E-state index in [-0.39, 0.29) is 12.2 Å². The highest BCUT2D eigenvalue weighted by Crippen LogP contribution is 2.34. The summed E-state index contributed by atoms with van der Waals surface area (Å²) in [5.74, 6) is 0.00315. The standard InChI is InChI=1S/C24H28N2O5S/c1-6-8-11-31-19-10-9-17(13-20(19)29-5)12-18(14-25)22(27)26-23-21(24(28)30-7-2)15(3)16(4)32-23/h9-10,12-13H,6-8,11H2,1-5H3,(H,26,27). The molecule has 1 amide bonds. The van der Waals surface area contributed by atoms with Gasteiger partial charge in [-0.25, -0.2) is 4.79 Å². The first-order valence-corrected chi connectivity index (χ1v) is 11.2. The van der Waals surface area contributed by atoms with Gasteiger partial charge in [0.25, 0.3) is 5.91 Å². The minimum Gasteiger partial charge on any atom is -0.493 e. The molecule has 0 aliphatic heterocycles. The number of unbranched alkanes of at least 4 members (excludes halogenated alkanes) is 1. The fourth-order valence-corrected chi connectivity index (χ4v) is 3.91. The van der Waals surface area contributed by atoms with Gasteiger partial charge in [-0.2, -0.15) is 5.26 Å². The Labute approximate surface area is 192 Å². The van der Waals surface area contributed by atoms with Crippen LogP contribution in [0, 0.1) is 25.2 Å². The average molecular weight is 457 g/mol. The zero-order chi connectivity index (χ0) is 23.7. The van der Waals surface area contributed by atoms with Crippen molar-refractivity contribution in [3.63, 3.8) is 0 Å². The molecule has 2 rings (SSSR count). The lowest BCUT2D eigenvalue weighted by Crippen LogP contribution is -2.16. The van der Waals surface area contributed by atoms with Crippen LogP contribution in [-0.4, -0.2) is 32.2 Å². The molecule has 0 aliphatic carbocycles. The van der Waals surface area contributed by atoms with Crippen LogP contribution in [0.4, 0.5) is 5.00 Å². The molecule has 32 heavy (non-hydrogen) atoms. The third-order valence-electron chi connectivity index (χ3n) is 4.71. The molecule has 1 N–H and O–H groups in total. The van der Waals surface area contributed by atoms with Crippen molar-refractivity contribution in [2.45, 2.75) is 40.5 Å². The van der Waals surface area contributed by atoms with Crippen LogP contribution in [0.15, 0.2) is 23.8 Å². The third-order valence-corrected chi connectivity index (χ3v) is 5.83. The lowest BCUT2D eigenvalue weighted by atomic mass is 10.1. The van der Waals surface area contributed by atoms with Crippen LogP contribution in [0.25, 0.3) is 6.08 Å². The van der Waals surface area contributed by atoms with E-state index in [0.717, 1.165) is 23.3 Å². The smallest absolute Gasteiger partial charge is 0.341 e. The van der Waals surface area contributed by atoms with E-state index in [2.05, 4.69) is 12.2 Å². The second-order valence-corrected chi connectivity index (χ2v) is 8.17. The number of anilines is 1. The van der Waals surface area contributed by atoms with Gasteiger partial charge in [-0.1, -0.05) is 19.4 Å². The molecule has 8 heteroatoms. The van der Waals surface area contributed by atoms with Crippen LogP contribution < -0.4 is 14.8 Å². The van der Waals surface area contributed by atoms with Crippen molar-refractivity contribution in [3.05, 3.63) is 45.3 Å². The van der Waals surface area contributed by atoms with Crippen molar-refractivity contribution in [2.75, 3.05) is 25.6 Å². The maximum Gasteiger partial charge on any atom is 0.341 e. The first kappa shape index (κ1) is 25.0. The number of carbonyl (C=O) groups is 2. The maximum absolute atomic E-state index is 12.8. The summed E-state index contributed by atoms with van der Waals surface area (Å²) in [6.45, 7) is 8.26. The summed E-state index contributed by atoms with van der Waals surface area (Å²) in [6.07, 6.45) is 3.41. The van der Waals surface area contributed by atoms with Crippen LogP contribution in [0.3, 0.4) is 0 Å². The van der Waals surface area contributed by atoms with Gasteiger partial charge in [-0.15, -0.1) is 11.3 Å². The molecule has 0 saturated carbocycles. The Morgan fingerprint density at radius 1 is 1.22 bits per heavy atom. The van der Waals surface area contributed by atoms with Crippen molar-refractivity contribution < 1.29 is 23.8 Å². The summed E-state index contributed by atoms with van der Waals surface area (Å²) in [7, 11) is 1.53. The van der Waals surface area contributed by atoms with Gasteiger partial charge >= 0.3 is 5.97 Å². The molecule has 0 bridgehead atoms. The van der Waals surface area contributed by atoms with Crippen molar-refractivity contribution in [1.82, 2.24) is 0 Å². The molecule has 0 unspecified atom stereocenters. The Morgan fingerprint density at radius 2 is 1.97 bits per heavy atom. The average Bonchev–Trinajstić information content (AvgIpc) is 3.05. The highest BCUT2D eigenvalue weighted by atomic mass is 32.1. The Bertz CT molecular complexity index is 1050. The van der Waals surface area contributed by atoms with Gasteiger partial charge in [0.05, 0.1) is 25.9 Å². The van der Waals surface area contributed by atoms with Crippen LogP contribution in [0.5, 0.6) is 11.5 Å². The van der Waals surface area contributed by atoms with Gasteiger partial charge < -0.3 is 19.5 Å². The summed E-state index contributed by atoms with van der Waals surface area (Å²) in [5, 5.41) is 12.6. The number of rotatable bonds is 10. The lowest BCUT2D eigenvalue weighted by Gasteiger charge is -2.11. The minimum absolute atomic E-state index is 0.106. The molecule has 1 aromatic heterocycles. The van der Waals surface area contributed by atoms with E-state index in [1.807, 2.05) is 13.0 Å². The molecule has 0 aliphatic rings. The fourth-order valence-electron chi connectivity index (χ4n) is 2.87. The van der Waals surface area contributed by atoms with E-state index in [1.54, 1.807) is 32.0 Å². The number of esters is 1. The highest BCUT2D eigenvalue weighted by Gasteiger charge is 2.23. The fraction of sp³-hybridized carbons (Fsp3) is 0.375. The number of methoxy groups -OCH3 is 1. The molecule has 7 nitrogen and oxygen atoms in total. The number of nitrogens with zero attached hydrogens (tertiary/aromatic N) is 1. The van der Waals surface area contributed by atoms with Crippen molar-refractivity contribution in [1.29, 1.82) is 5.26 Å². The molecule has 170 valence electrons. The Morgan fingerprint density at radius 3 is 2.59 bits per heavy atom. The summed E-state index contributed by atoms with van der Waals surface area (Å²) >= 11 is 1.27. The van der Waals surface area contributed by atoms with Crippen molar-refractivity contribution in [3.8, 4) is 17.6 Å². The van der Waals surface area contributed by atoms with Gasteiger partial charge in [-0.3, -0.25) is 4.79 Å². The number of ether oxygens (including phenoxy) is 3. The SMILES string of the molecule is CCCCOc1ccc(C=C(C#N)C(=O)Nc2sc(C)c(C)c2C(=O)OCC)cc1OC. The summed E-state index contributed by atoms with van der Waals surface area (Å²) in [4.78, 5) is 26.0. The van der Waals surface area contributed by atoms with Crippen molar-refractivity contribution >= 4 is 34.3 Å². The van der Waals surface area contributed by atoms with Gasteiger partial charge in [0, 0.05) is 4.88 Å². The number of thiophene rings is 1. The van der Waals surface area contributed by atoms with E-state index in [9.17, 15) is 14.9 Å². The van der Waals surface area contributed by atoms with Crippen LogP contribution in [-0.2, 0) is 9.53 Å². The molecule has 0 saturated heterocycles. The first-order valence-electron chi connectivity index (χ1n) is 10.4. The molecule has 2 aromatic rings. The number of aryl methyl sites for hydroxylation is 1. The quantitative estimate of drug-likeness (QED) is 0.226. The van der Waals surface area contributed by atoms with E-state index in [0.29, 0.717) is 34.2 Å². The highest BCUT2D eigenvalue weighted by molar-refractivity contribution is 7.16.